The van der Waals surface area contributed by atoms with Gasteiger partial charge < -0.3 is 14.7 Å². The number of hydrogen-bond donors (Lipinski definition) is 1. The van der Waals surface area contributed by atoms with E-state index >= 15 is 0 Å². The van der Waals surface area contributed by atoms with E-state index < -0.39 is 0 Å². The number of piperazine rings is 1. The van der Waals surface area contributed by atoms with Crippen LogP contribution in [0.5, 0.6) is 11.5 Å². The summed E-state index contributed by atoms with van der Waals surface area (Å²) in [6.45, 7) is 11.4. The molecule has 0 aromatic heterocycles. The number of phenols is 1. The Morgan fingerprint density at radius 2 is 1.70 bits per heavy atom. The lowest BCUT2D eigenvalue weighted by atomic mass is 10.0. The zero-order valence-corrected chi connectivity index (χ0v) is 18.1. The average Bonchev–Trinajstić information content (AvgIpc) is 2.76. The Morgan fingerprint density at radius 3 is 2.33 bits per heavy atom. The van der Waals surface area contributed by atoms with E-state index in [0.717, 1.165) is 73.7 Å². The lowest BCUT2D eigenvalue weighted by Gasteiger charge is -2.36. The number of rotatable bonds is 8. The molecule has 0 amide bonds. The molecule has 0 saturated carbocycles. The zero-order valence-electron chi connectivity index (χ0n) is 18.1. The van der Waals surface area contributed by atoms with Gasteiger partial charge in [-0.3, -0.25) is 15.0 Å². The van der Waals surface area contributed by atoms with E-state index in [1.54, 1.807) is 12.1 Å². The lowest BCUT2D eigenvalue weighted by molar-refractivity contribution is -0.384. The average molecular weight is 414 g/mol. The van der Waals surface area contributed by atoms with Gasteiger partial charge in [-0.05, 0) is 75.0 Å². The predicted octanol–water partition coefficient (Wildman–Crippen LogP) is 4.21. The number of benzene rings is 2. The number of aromatic hydroxyl groups is 1. The summed E-state index contributed by atoms with van der Waals surface area (Å²) in [6.07, 6.45) is 2.06. The van der Waals surface area contributed by atoms with Crippen LogP contribution >= 0.6 is 0 Å². The molecule has 3 rings (SSSR count). The number of hydrogen-bond acceptors (Lipinski definition) is 6. The van der Waals surface area contributed by atoms with Crippen molar-refractivity contribution in [1.29, 1.82) is 0 Å². The van der Waals surface area contributed by atoms with Crippen LogP contribution in [-0.4, -0.2) is 54.3 Å². The molecule has 0 atom stereocenters. The van der Waals surface area contributed by atoms with Gasteiger partial charge in [0.05, 0.1) is 11.5 Å². The van der Waals surface area contributed by atoms with E-state index in [2.05, 4.69) is 9.80 Å². The summed E-state index contributed by atoms with van der Waals surface area (Å²) in [5.41, 5.74) is 3.91. The van der Waals surface area contributed by atoms with Crippen molar-refractivity contribution >= 4 is 11.4 Å². The fraction of sp³-hybridized carbons (Fsp3) is 0.478. The highest BCUT2D eigenvalue weighted by molar-refractivity contribution is 5.52. The number of unbranched alkanes of at least 4 members (excludes halogenated alkanes) is 1. The Bertz CT molecular complexity index is 875. The van der Waals surface area contributed by atoms with Crippen molar-refractivity contribution < 1.29 is 14.8 Å². The third-order valence-electron chi connectivity index (χ3n) is 5.93. The van der Waals surface area contributed by atoms with Crippen LogP contribution in [0.4, 0.5) is 11.4 Å². The quantitative estimate of drug-likeness (QED) is 0.397. The van der Waals surface area contributed by atoms with Crippen molar-refractivity contribution in [2.45, 2.75) is 33.6 Å². The van der Waals surface area contributed by atoms with Gasteiger partial charge in [0.1, 0.15) is 11.5 Å². The first-order valence-corrected chi connectivity index (χ1v) is 10.5. The SMILES string of the molecule is Cc1cc(OCCCCN2CCN(c3ccc([N+](=O)[O-])cc3)CC2)c(C)c(C)c1O. The van der Waals surface area contributed by atoms with Gasteiger partial charge in [0.2, 0.25) is 0 Å². The topological polar surface area (TPSA) is 79.1 Å². The summed E-state index contributed by atoms with van der Waals surface area (Å²) < 4.78 is 5.96. The number of nitro benzene ring substituents is 1. The molecule has 1 heterocycles. The van der Waals surface area contributed by atoms with Gasteiger partial charge in [0, 0.05) is 44.0 Å². The minimum absolute atomic E-state index is 0.132. The predicted molar refractivity (Wildman–Crippen MR) is 119 cm³/mol. The van der Waals surface area contributed by atoms with E-state index in [0.29, 0.717) is 12.4 Å². The molecule has 1 saturated heterocycles. The molecular formula is C23H31N3O4. The molecule has 0 aliphatic carbocycles. The summed E-state index contributed by atoms with van der Waals surface area (Å²) in [4.78, 5) is 15.2. The van der Waals surface area contributed by atoms with Crippen LogP contribution in [0, 0.1) is 30.9 Å². The molecular weight excluding hydrogens is 382 g/mol. The third-order valence-corrected chi connectivity index (χ3v) is 5.93. The normalized spacial score (nSPS) is 14.7. The van der Waals surface area contributed by atoms with Crippen LogP contribution in [-0.2, 0) is 0 Å². The van der Waals surface area contributed by atoms with Gasteiger partial charge in [0.15, 0.2) is 0 Å². The maximum atomic E-state index is 10.8. The molecule has 30 heavy (non-hydrogen) atoms. The van der Waals surface area contributed by atoms with E-state index in [1.807, 2.05) is 39.0 Å². The third kappa shape index (κ3) is 5.21. The molecule has 7 nitrogen and oxygen atoms in total. The number of ether oxygens (including phenoxy) is 1. The van der Waals surface area contributed by atoms with Gasteiger partial charge in [-0.25, -0.2) is 0 Å². The molecule has 0 bridgehead atoms. The van der Waals surface area contributed by atoms with Crippen molar-refractivity contribution in [3.05, 3.63) is 57.1 Å². The number of non-ortho nitro benzene ring substituents is 1. The van der Waals surface area contributed by atoms with Crippen molar-refractivity contribution in [3.8, 4) is 11.5 Å². The first-order chi connectivity index (χ1) is 14.4. The molecule has 2 aromatic rings. The minimum Gasteiger partial charge on any atom is -0.507 e. The van der Waals surface area contributed by atoms with E-state index in [-0.39, 0.29) is 10.6 Å². The molecule has 1 aliphatic heterocycles. The van der Waals surface area contributed by atoms with E-state index in [9.17, 15) is 15.2 Å². The highest BCUT2D eigenvalue weighted by Gasteiger charge is 2.17. The Balaban J connectivity index is 1.37. The molecule has 0 spiro atoms. The van der Waals surface area contributed by atoms with Gasteiger partial charge >= 0.3 is 0 Å². The maximum absolute atomic E-state index is 10.8. The number of phenolic OH excluding ortho intramolecular Hbond substituents is 1. The van der Waals surface area contributed by atoms with E-state index in [1.165, 1.54) is 0 Å². The molecule has 1 N–H and O–H groups in total. The molecule has 162 valence electrons. The molecule has 1 fully saturated rings. The summed E-state index contributed by atoms with van der Waals surface area (Å²) >= 11 is 0. The van der Waals surface area contributed by atoms with Crippen LogP contribution in [0.1, 0.15) is 29.5 Å². The maximum Gasteiger partial charge on any atom is 0.269 e. The number of nitro groups is 1. The van der Waals surface area contributed by atoms with Gasteiger partial charge in [0.25, 0.3) is 5.69 Å². The largest absolute Gasteiger partial charge is 0.507 e. The first kappa shape index (κ1) is 21.9. The summed E-state index contributed by atoms with van der Waals surface area (Å²) in [5, 5.41) is 20.8. The van der Waals surface area contributed by atoms with Crippen molar-refractivity contribution in [2.24, 2.45) is 0 Å². The molecule has 0 unspecified atom stereocenters. The summed E-state index contributed by atoms with van der Waals surface area (Å²) in [7, 11) is 0. The smallest absolute Gasteiger partial charge is 0.269 e. The lowest BCUT2D eigenvalue weighted by Crippen LogP contribution is -2.46. The van der Waals surface area contributed by atoms with Gasteiger partial charge in [-0.2, -0.15) is 0 Å². The highest BCUT2D eigenvalue weighted by Crippen LogP contribution is 2.32. The van der Waals surface area contributed by atoms with Crippen LogP contribution in [0.2, 0.25) is 0 Å². The van der Waals surface area contributed by atoms with Crippen LogP contribution in [0.3, 0.4) is 0 Å². The van der Waals surface area contributed by atoms with Crippen molar-refractivity contribution in [1.82, 2.24) is 4.90 Å². The Hall–Kier alpha value is -2.80. The molecule has 7 heteroatoms. The van der Waals surface area contributed by atoms with E-state index in [4.69, 9.17) is 4.74 Å². The van der Waals surface area contributed by atoms with Crippen LogP contribution < -0.4 is 9.64 Å². The number of nitrogens with zero attached hydrogens (tertiary/aromatic N) is 3. The van der Waals surface area contributed by atoms with Crippen LogP contribution in [0.15, 0.2) is 30.3 Å². The molecule has 0 radical (unpaired) electrons. The van der Waals surface area contributed by atoms with Crippen molar-refractivity contribution in [2.75, 3.05) is 44.2 Å². The van der Waals surface area contributed by atoms with Gasteiger partial charge in [-0.15, -0.1) is 0 Å². The zero-order chi connectivity index (χ0) is 21.7. The standard InChI is InChI=1S/C23H31N3O4/c1-17-16-22(18(2)19(3)23(17)27)30-15-5-4-10-24-11-13-25(14-12-24)20-6-8-21(9-7-20)26(28)29/h6-9,16,27H,4-5,10-15H2,1-3H3. The van der Waals surface area contributed by atoms with Gasteiger partial charge in [-0.1, -0.05) is 0 Å². The second-order valence-corrected chi connectivity index (χ2v) is 7.95. The second kappa shape index (κ2) is 9.80. The highest BCUT2D eigenvalue weighted by atomic mass is 16.6. The second-order valence-electron chi connectivity index (χ2n) is 7.95. The minimum atomic E-state index is -0.364. The molecule has 2 aromatic carbocycles. The number of anilines is 1. The Kier molecular flexibility index (Phi) is 7.15. The Labute approximate surface area is 178 Å². The summed E-state index contributed by atoms with van der Waals surface area (Å²) in [6, 6.07) is 8.72. The monoisotopic (exact) mass is 413 g/mol. The molecule has 1 aliphatic rings. The fourth-order valence-electron chi connectivity index (χ4n) is 3.82. The Morgan fingerprint density at radius 1 is 1.03 bits per heavy atom. The fourth-order valence-corrected chi connectivity index (χ4v) is 3.82. The first-order valence-electron chi connectivity index (χ1n) is 10.5. The van der Waals surface area contributed by atoms with Crippen LogP contribution in [0.25, 0.3) is 0 Å². The van der Waals surface area contributed by atoms with Crippen molar-refractivity contribution in [3.63, 3.8) is 0 Å². The number of aryl methyl sites for hydroxylation is 1. The summed E-state index contributed by atoms with van der Waals surface area (Å²) in [5.74, 6) is 1.22.